The van der Waals surface area contributed by atoms with Gasteiger partial charge >= 0.3 is 0 Å². The van der Waals surface area contributed by atoms with Crippen molar-refractivity contribution >= 4 is 27.5 Å². The van der Waals surface area contributed by atoms with Gasteiger partial charge in [0.1, 0.15) is 5.75 Å². The Labute approximate surface area is 151 Å². The molecule has 4 nitrogen and oxygen atoms in total. The highest BCUT2D eigenvalue weighted by Gasteiger charge is 2.04. The van der Waals surface area contributed by atoms with Crippen LogP contribution in [0.25, 0.3) is 0 Å². The summed E-state index contributed by atoms with van der Waals surface area (Å²) in [5.41, 5.74) is 3.18. The average molecular weight is 391 g/mol. The zero-order valence-corrected chi connectivity index (χ0v) is 15.7. The SMILES string of the molecule is COc1cccc(CCNCCC(=O)Nc2ccc(C)c(Br)c2)c1. The number of ether oxygens (including phenoxy) is 1. The summed E-state index contributed by atoms with van der Waals surface area (Å²) in [5, 5.41) is 6.21. The lowest BCUT2D eigenvalue weighted by atomic mass is 10.1. The number of anilines is 1. The fraction of sp³-hybridized carbons (Fsp3) is 0.316. The number of hydrogen-bond acceptors (Lipinski definition) is 3. The number of hydrogen-bond donors (Lipinski definition) is 2. The topological polar surface area (TPSA) is 50.4 Å². The molecule has 128 valence electrons. The normalized spacial score (nSPS) is 10.5. The van der Waals surface area contributed by atoms with Crippen LogP contribution in [0.4, 0.5) is 5.69 Å². The number of carbonyl (C=O) groups excluding carboxylic acids is 1. The van der Waals surface area contributed by atoms with Gasteiger partial charge in [0.2, 0.25) is 5.91 Å². The van der Waals surface area contributed by atoms with Gasteiger partial charge in [-0.05, 0) is 55.3 Å². The number of methoxy groups -OCH3 is 1. The second kappa shape index (κ2) is 9.45. The van der Waals surface area contributed by atoms with Gasteiger partial charge in [0.15, 0.2) is 0 Å². The Kier molecular flexibility index (Phi) is 7.28. The number of nitrogens with one attached hydrogen (secondary N) is 2. The molecule has 0 heterocycles. The first-order valence-corrected chi connectivity index (χ1v) is 8.77. The van der Waals surface area contributed by atoms with Crippen LogP contribution in [0.2, 0.25) is 0 Å². The molecule has 24 heavy (non-hydrogen) atoms. The fourth-order valence-corrected chi connectivity index (χ4v) is 2.66. The van der Waals surface area contributed by atoms with Crippen LogP contribution >= 0.6 is 15.9 Å². The van der Waals surface area contributed by atoms with Crippen LogP contribution in [0.15, 0.2) is 46.9 Å². The van der Waals surface area contributed by atoms with E-state index in [1.54, 1.807) is 7.11 Å². The molecule has 0 aliphatic carbocycles. The summed E-state index contributed by atoms with van der Waals surface area (Å²) < 4.78 is 6.21. The predicted octanol–water partition coefficient (Wildman–Crippen LogP) is 3.93. The van der Waals surface area contributed by atoms with E-state index in [1.165, 1.54) is 5.56 Å². The molecule has 0 saturated carbocycles. The van der Waals surface area contributed by atoms with Crippen molar-refractivity contribution in [2.45, 2.75) is 19.8 Å². The van der Waals surface area contributed by atoms with Gasteiger partial charge in [-0.2, -0.15) is 0 Å². The van der Waals surface area contributed by atoms with Crippen molar-refractivity contribution in [3.8, 4) is 5.75 Å². The molecule has 0 atom stereocenters. The Morgan fingerprint density at radius 2 is 2.00 bits per heavy atom. The maximum Gasteiger partial charge on any atom is 0.225 e. The molecule has 0 aromatic heterocycles. The Hall–Kier alpha value is -1.85. The van der Waals surface area contributed by atoms with Crippen LogP contribution in [0, 0.1) is 6.92 Å². The van der Waals surface area contributed by atoms with Crippen molar-refractivity contribution in [1.82, 2.24) is 5.32 Å². The van der Waals surface area contributed by atoms with Crippen LogP contribution in [0.1, 0.15) is 17.5 Å². The van der Waals surface area contributed by atoms with E-state index in [-0.39, 0.29) is 5.91 Å². The molecular formula is C19H23BrN2O2. The minimum atomic E-state index is 0.0135. The van der Waals surface area contributed by atoms with E-state index < -0.39 is 0 Å². The molecule has 0 unspecified atom stereocenters. The van der Waals surface area contributed by atoms with Crippen molar-refractivity contribution < 1.29 is 9.53 Å². The lowest BCUT2D eigenvalue weighted by molar-refractivity contribution is -0.116. The minimum Gasteiger partial charge on any atom is -0.497 e. The van der Waals surface area contributed by atoms with Crippen LogP contribution in [-0.2, 0) is 11.2 Å². The van der Waals surface area contributed by atoms with Gasteiger partial charge in [0, 0.05) is 23.1 Å². The average Bonchev–Trinajstić information content (AvgIpc) is 2.58. The molecular weight excluding hydrogens is 368 g/mol. The monoisotopic (exact) mass is 390 g/mol. The number of benzene rings is 2. The highest BCUT2D eigenvalue weighted by Crippen LogP contribution is 2.20. The quantitative estimate of drug-likeness (QED) is 0.671. The first-order valence-electron chi connectivity index (χ1n) is 7.98. The van der Waals surface area contributed by atoms with Gasteiger partial charge < -0.3 is 15.4 Å². The van der Waals surface area contributed by atoms with Crippen molar-refractivity contribution in [2.75, 3.05) is 25.5 Å². The Bertz CT molecular complexity index is 689. The number of aryl methyl sites for hydroxylation is 1. The van der Waals surface area contributed by atoms with E-state index in [0.717, 1.165) is 34.4 Å². The van der Waals surface area contributed by atoms with Gasteiger partial charge in [-0.25, -0.2) is 0 Å². The van der Waals surface area contributed by atoms with Crippen molar-refractivity contribution in [3.63, 3.8) is 0 Å². The van der Waals surface area contributed by atoms with Crippen LogP contribution in [-0.4, -0.2) is 26.1 Å². The lowest BCUT2D eigenvalue weighted by Crippen LogP contribution is -2.23. The van der Waals surface area contributed by atoms with Crippen molar-refractivity contribution in [2.24, 2.45) is 0 Å². The molecule has 0 spiro atoms. The Balaban J connectivity index is 1.66. The smallest absolute Gasteiger partial charge is 0.225 e. The number of rotatable bonds is 8. The molecule has 2 N–H and O–H groups in total. The van der Waals surface area contributed by atoms with Gasteiger partial charge in [-0.15, -0.1) is 0 Å². The van der Waals surface area contributed by atoms with Gasteiger partial charge in [-0.1, -0.05) is 34.1 Å². The number of halogens is 1. The van der Waals surface area contributed by atoms with E-state index in [9.17, 15) is 4.79 Å². The van der Waals surface area contributed by atoms with E-state index in [0.29, 0.717) is 13.0 Å². The second-order valence-corrected chi connectivity index (χ2v) is 6.47. The molecule has 0 aliphatic rings. The van der Waals surface area contributed by atoms with Gasteiger partial charge in [-0.3, -0.25) is 4.79 Å². The summed E-state index contributed by atoms with van der Waals surface area (Å²) in [5.74, 6) is 0.885. The van der Waals surface area contributed by atoms with Gasteiger partial charge in [0.05, 0.1) is 7.11 Å². The molecule has 2 aromatic rings. The second-order valence-electron chi connectivity index (χ2n) is 5.61. The molecule has 0 aliphatic heterocycles. The summed E-state index contributed by atoms with van der Waals surface area (Å²) in [6.45, 7) is 3.50. The molecule has 2 aromatic carbocycles. The first-order chi connectivity index (χ1) is 11.6. The summed E-state index contributed by atoms with van der Waals surface area (Å²) in [6, 6.07) is 13.8. The number of carbonyl (C=O) groups is 1. The van der Waals surface area contributed by atoms with Gasteiger partial charge in [0.25, 0.3) is 0 Å². The fourth-order valence-electron chi connectivity index (χ4n) is 2.28. The van der Waals surface area contributed by atoms with Crippen LogP contribution in [0.5, 0.6) is 5.75 Å². The van der Waals surface area contributed by atoms with E-state index in [1.807, 2.05) is 43.3 Å². The molecule has 0 fully saturated rings. The molecule has 0 radical (unpaired) electrons. The predicted molar refractivity (Wildman–Crippen MR) is 102 cm³/mol. The Morgan fingerprint density at radius 1 is 1.17 bits per heavy atom. The standard InChI is InChI=1S/C19H23BrN2O2/c1-14-6-7-16(13-18(14)20)22-19(23)9-11-21-10-8-15-4-3-5-17(12-15)24-2/h3-7,12-13,21H,8-11H2,1-2H3,(H,22,23). The largest absolute Gasteiger partial charge is 0.497 e. The molecule has 5 heteroatoms. The third kappa shape index (κ3) is 5.98. The molecule has 0 saturated heterocycles. The minimum absolute atomic E-state index is 0.0135. The summed E-state index contributed by atoms with van der Waals surface area (Å²) in [7, 11) is 1.67. The third-order valence-electron chi connectivity index (χ3n) is 3.71. The van der Waals surface area contributed by atoms with Crippen LogP contribution in [0.3, 0.4) is 0 Å². The van der Waals surface area contributed by atoms with Crippen molar-refractivity contribution in [1.29, 1.82) is 0 Å². The molecule has 0 bridgehead atoms. The zero-order valence-electron chi connectivity index (χ0n) is 14.1. The highest BCUT2D eigenvalue weighted by atomic mass is 79.9. The molecule has 1 amide bonds. The highest BCUT2D eigenvalue weighted by molar-refractivity contribution is 9.10. The maximum absolute atomic E-state index is 11.9. The number of amides is 1. The summed E-state index contributed by atoms with van der Waals surface area (Å²) in [4.78, 5) is 11.9. The molecule has 2 rings (SSSR count). The van der Waals surface area contributed by atoms with E-state index >= 15 is 0 Å². The van der Waals surface area contributed by atoms with E-state index in [4.69, 9.17) is 4.74 Å². The Morgan fingerprint density at radius 3 is 2.75 bits per heavy atom. The third-order valence-corrected chi connectivity index (χ3v) is 4.56. The first kappa shape index (κ1) is 18.5. The lowest BCUT2D eigenvalue weighted by Gasteiger charge is -2.08. The summed E-state index contributed by atoms with van der Waals surface area (Å²) in [6.07, 6.45) is 1.35. The maximum atomic E-state index is 11.9. The van der Waals surface area contributed by atoms with Crippen LogP contribution < -0.4 is 15.4 Å². The summed E-state index contributed by atoms with van der Waals surface area (Å²) >= 11 is 3.47. The van der Waals surface area contributed by atoms with E-state index in [2.05, 4.69) is 32.6 Å². The van der Waals surface area contributed by atoms with Crippen molar-refractivity contribution in [3.05, 3.63) is 58.1 Å². The zero-order chi connectivity index (χ0) is 17.4.